The third kappa shape index (κ3) is 3.58. The van der Waals surface area contributed by atoms with Gasteiger partial charge in [-0.15, -0.1) is 0 Å². The molecule has 2 fully saturated rings. The fraction of sp³-hybridized carbons (Fsp3) is 0.765. The molecule has 2 saturated heterocycles. The van der Waals surface area contributed by atoms with Crippen LogP contribution in [0.1, 0.15) is 43.5 Å². The van der Waals surface area contributed by atoms with Crippen LogP contribution in [-0.2, 0) is 4.74 Å². The lowest BCUT2D eigenvalue weighted by Crippen LogP contribution is -2.57. The van der Waals surface area contributed by atoms with E-state index in [9.17, 15) is 0 Å². The molecule has 1 aromatic rings. The van der Waals surface area contributed by atoms with Crippen molar-refractivity contribution in [3.05, 3.63) is 17.5 Å². The third-order valence-corrected chi connectivity index (χ3v) is 5.01. The minimum Gasteiger partial charge on any atom is -0.381 e. The number of aryl methyl sites for hydroxylation is 2. The quantitative estimate of drug-likeness (QED) is 0.926. The van der Waals surface area contributed by atoms with Crippen molar-refractivity contribution in [2.75, 3.05) is 38.2 Å². The summed E-state index contributed by atoms with van der Waals surface area (Å²) in [7, 11) is 0. The third-order valence-electron chi connectivity index (χ3n) is 5.01. The zero-order valence-corrected chi connectivity index (χ0v) is 13.9. The van der Waals surface area contributed by atoms with Gasteiger partial charge in [-0.25, -0.2) is 9.97 Å². The Hall–Kier alpha value is -1.20. The number of ether oxygens (including phenoxy) is 1. The SMILES string of the molecule is Cc1cc(C)nc(NCC2(N3CCCCC3)CCOCC2)n1. The molecule has 0 radical (unpaired) electrons. The van der Waals surface area contributed by atoms with Crippen molar-refractivity contribution in [3.8, 4) is 0 Å². The Morgan fingerprint density at radius 2 is 1.73 bits per heavy atom. The lowest BCUT2D eigenvalue weighted by molar-refractivity contribution is -0.0294. The van der Waals surface area contributed by atoms with Gasteiger partial charge in [-0.05, 0) is 58.7 Å². The van der Waals surface area contributed by atoms with Gasteiger partial charge in [0.25, 0.3) is 0 Å². The molecular weight excluding hydrogens is 276 g/mol. The Balaban J connectivity index is 1.72. The molecule has 0 aliphatic carbocycles. The van der Waals surface area contributed by atoms with E-state index in [1.165, 1.54) is 32.4 Å². The van der Waals surface area contributed by atoms with Crippen molar-refractivity contribution < 1.29 is 4.74 Å². The fourth-order valence-electron chi connectivity index (χ4n) is 3.77. The smallest absolute Gasteiger partial charge is 0.223 e. The molecule has 3 rings (SSSR count). The van der Waals surface area contributed by atoms with Gasteiger partial charge in [-0.1, -0.05) is 6.42 Å². The van der Waals surface area contributed by atoms with Gasteiger partial charge in [0.1, 0.15) is 0 Å². The van der Waals surface area contributed by atoms with Crippen LogP contribution in [0.25, 0.3) is 0 Å². The molecule has 0 saturated carbocycles. The summed E-state index contributed by atoms with van der Waals surface area (Å²) in [5.74, 6) is 0.764. The van der Waals surface area contributed by atoms with Gasteiger partial charge in [0, 0.05) is 36.7 Å². The molecule has 2 aliphatic rings. The van der Waals surface area contributed by atoms with E-state index in [2.05, 4.69) is 20.2 Å². The van der Waals surface area contributed by atoms with Crippen LogP contribution in [0, 0.1) is 13.8 Å². The highest BCUT2D eigenvalue weighted by molar-refractivity contribution is 5.28. The first-order valence-corrected chi connectivity index (χ1v) is 8.57. The highest BCUT2D eigenvalue weighted by Gasteiger charge is 2.38. The Kier molecular flexibility index (Phi) is 4.93. The summed E-state index contributed by atoms with van der Waals surface area (Å²) in [6, 6.07) is 2.01. The zero-order chi connectivity index (χ0) is 15.4. The van der Waals surface area contributed by atoms with Crippen LogP contribution in [0.3, 0.4) is 0 Å². The van der Waals surface area contributed by atoms with E-state index in [0.29, 0.717) is 0 Å². The number of nitrogens with zero attached hydrogens (tertiary/aromatic N) is 3. The Labute approximate surface area is 133 Å². The van der Waals surface area contributed by atoms with E-state index in [-0.39, 0.29) is 5.54 Å². The number of likely N-dealkylation sites (tertiary alicyclic amines) is 1. The second-order valence-corrected chi connectivity index (χ2v) is 6.71. The van der Waals surface area contributed by atoms with Crippen LogP contribution in [0.15, 0.2) is 6.07 Å². The van der Waals surface area contributed by atoms with Crippen molar-refractivity contribution in [2.45, 2.75) is 51.5 Å². The van der Waals surface area contributed by atoms with Crippen LogP contribution in [-0.4, -0.2) is 53.3 Å². The average Bonchev–Trinajstić information content (AvgIpc) is 2.54. The van der Waals surface area contributed by atoms with Gasteiger partial charge >= 0.3 is 0 Å². The van der Waals surface area contributed by atoms with Crippen molar-refractivity contribution in [1.29, 1.82) is 0 Å². The van der Waals surface area contributed by atoms with Crippen LogP contribution >= 0.6 is 0 Å². The standard InChI is InChI=1S/C17H28N4O/c1-14-12-15(2)20-16(19-14)18-13-17(6-10-22-11-7-17)21-8-4-3-5-9-21/h12H,3-11,13H2,1-2H3,(H,18,19,20). The molecule has 22 heavy (non-hydrogen) atoms. The predicted octanol–water partition coefficient (Wildman–Crippen LogP) is 2.54. The second kappa shape index (κ2) is 6.92. The summed E-state index contributed by atoms with van der Waals surface area (Å²) >= 11 is 0. The Morgan fingerprint density at radius 3 is 2.36 bits per heavy atom. The lowest BCUT2D eigenvalue weighted by atomic mass is 9.86. The number of hydrogen-bond donors (Lipinski definition) is 1. The molecule has 0 spiro atoms. The molecule has 5 heteroatoms. The minimum absolute atomic E-state index is 0.208. The molecule has 3 heterocycles. The largest absolute Gasteiger partial charge is 0.381 e. The van der Waals surface area contributed by atoms with Gasteiger partial charge in [-0.3, -0.25) is 4.90 Å². The number of anilines is 1. The maximum atomic E-state index is 5.62. The second-order valence-electron chi connectivity index (χ2n) is 6.71. The zero-order valence-electron chi connectivity index (χ0n) is 13.9. The van der Waals surface area contributed by atoms with Crippen LogP contribution < -0.4 is 5.32 Å². The van der Waals surface area contributed by atoms with Crippen molar-refractivity contribution in [2.24, 2.45) is 0 Å². The maximum absolute atomic E-state index is 5.62. The summed E-state index contributed by atoms with van der Waals surface area (Å²) < 4.78 is 5.62. The topological polar surface area (TPSA) is 50.3 Å². The number of rotatable bonds is 4. The van der Waals surface area contributed by atoms with Crippen LogP contribution in [0.4, 0.5) is 5.95 Å². The molecule has 122 valence electrons. The average molecular weight is 304 g/mol. The molecule has 0 amide bonds. The van der Waals surface area contributed by atoms with E-state index in [1.807, 2.05) is 19.9 Å². The van der Waals surface area contributed by atoms with Crippen molar-refractivity contribution in [3.63, 3.8) is 0 Å². The van der Waals surface area contributed by atoms with Crippen molar-refractivity contribution in [1.82, 2.24) is 14.9 Å². The number of hydrogen-bond acceptors (Lipinski definition) is 5. The lowest BCUT2D eigenvalue weighted by Gasteiger charge is -2.48. The van der Waals surface area contributed by atoms with Crippen LogP contribution in [0.2, 0.25) is 0 Å². The monoisotopic (exact) mass is 304 g/mol. The van der Waals surface area contributed by atoms with Crippen molar-refractivity contribution >= 4 is 5.95 Å². The van der Waals surface area contributed by atoms with Gasteiger partial charge < -0.3 is 10.1 Å². The highest BCUT2D eigenvalue weighted by atomic mass is 16.5. The Morgan fingerprint density at radius 1 is 1.09 bits per heavy atom. The van der Waals surface area contributed by atoms with E-state index in [4.69, 9.17) is 4.74 Å². The molecule has 0 bridgehead atoms. The molecule has 5 nitrogen and oxygen atoms in total. The minimum atomic E-state index is 0.208. The van der Waals surface area contributed by atoms with Gasteiger partial charge in [0.05, 0.1) is 0 Å². The van der Waals surface area contributed by atoms with E-state index >= 15 is 0 Å². The van der Waals surface area contributed by atoms with E-state index in [0.717, 1.165) is 49.9 Å². The number of nitrogens with one attached hydrogen (secondary N) is 1. The fourth-order valence-corrected chi connectivity index (χ4v) is 3.77. The summed E-state index contributed by atoms with van der Waals surface area (Å²) in [4.78, 5) is 11.7. The van der Waals surface area contributed by atoms with Gasteiger partial charge in [0.15, 0.2) is 0 Å². The normalized spacial score (nSPS) is 22.5. The molecule has 0 aromatic carbocycles. The molecular formula is C17H28N4O. The van der Waals surface area contributed by atoms with E-state index in [1.54, 1.807) is 0 Å². The molecule has 1 aromatic heterocycles. The van der Waals surface area contributed by atoms with E-state index < -0.39 is 0 Å². The molecule has 2 aliphatic heterocycles. The van der Waals surface area contributed by atoms with Crippen LogP contribution in [0.5, 0.6) is 0 Å². The Bertz CT molecular complexity index is 473. The summed E-state index contributed by atoms with van der Waals surface area (Å²) in [6.45, 7) is 9.13. The molecule has 0 unspecified atom stereocenters. The first kappa shape index (κ1) is 15.7. The molecule has 1 N–H and O–H groups in total. The summed E-state index contributed by atoms with van der Waals surface area (Å²) in [5, 5.41) is 3.51. The first-order valence-electron chi connectivity index (χ1n) is 8.57. The molecule has 0 atom stereocenters. The van der Waals surface area contributed by atoms with Gasteiger partial charge in [-0.2, -0.15) is 0 Å². The predicted molar refractivity (Wildman–Crippen MR) is 88.2 cm³/mol. The highest BCUT2D eigenvalue weighted by Crippen LogP contribution is 2.31. The maximum Gasteiger partial charge on any atom is 0.223 e. The first-order chi connectivity index (χ1) is 10.7. The number of aromatic nitrogens is 2. The summed E-state index contributed by atoms with van der Waals surface area (Å²) in [5.41, 5.74) is 2.25. The van der Waals surface area contributed by atoms with Gasteiger partial charge in [0.2, 0.25) is 5.95 Å². The summed E-state index contributed by atoms with van der Waals surface area (Å²) in [6.07, 6.45) is 6.22. The number of piperidine rings is 1.